The van der Waals surface area contributed by atoms with E-state index in [2.05, 4.69) is 4.72 Å². The zero-order chi connectivity index (χ0) is 18.6. The molecular weight excluding hydrogens is 337 g/mol. The van der Waals surface area contributed by atoms with E-state index in [0.29, 0.717) is 12.1 Å². The zero-order valence-corrected chi connectivity index (χ0v) is 16.5. The van der Waals surface area contributed by atoms with E-state index in [4.69, 9.17) is 9.31 Å². The molecule has 1 aliphatic heterocycles. The van der Waals surface area contributed by atoms with Crippen molar-refractivity contribution in [1.82, 2.24) is 4.72 Å². The first-order valence-corrected chi connectivity index (χ1v) is 10.2. The summed E-state index contributed by atoms with van der Waals surface area (Å²) in [5, 5.41) is -0.461. The summed E-state index contributed by atoms with van der Waals surface area (Å²) in [5.41, 5.74) is 2.99. The third-order valence-corrected chi connectivity index (χ3v) is 7.09. The second kappa shape index (κ2) is 5.86. The molecule has 1 aromatic rings. The Balaban J connectivity index is 1.82. The lowest BCUT2D eigenvalue weighted by Gasteiger charge is -2.32. The minimum absolute atomic E-state index is 0.384. The molecule has 0 aromatic heterocycles. The first-order valence-electron chi connectivity index (χ1n) is 8.62. The fourth-order valence-electron chi connectivity index (χ4n) is 2.84. The maximum absolute atomic E-state index is 12.1. The lowest BCUT2D eigenvalue weighted by molar-refractivity contribution is 0.00578. The number of benzene rings is 1. The van der Waals surface area contributed by atoms with Gasteiger partial charge in [-0.1, -0.05) is 18.2 Å². The lowest BCUT2D eigenvalue weighted by atomic mass is 9.78. The van der Waals surface area contributed by atoms with Gasteiger partial charge in [0.25, 0.3) is 0 Å². The zero-order valence-electron chi connectivity index (χ0n) is 15.7. The second-order valence-electron chi connectivity index (χ2n) is 8.09. The summed E-state index contributed by atoms with van der Waals surface area (Å²) in [7, 11) is -3.74. The molecular formula is C18H26BNO4S. The first-order chi connectivity index (χ1) is 11.4. The Morgan fingerprint density at radius 2 is 1.72 bits per heavy atom. The monoisotopic (exact) mass is 363 g/mol. The van der Waals surface area contributed by atoms with Crippen LogP contribution in [0.25, 0.3) is 6.08 Å². The topological polar surface area (TPSA) is 64.6 Å². The number of nitrogens with one attached hydrogen (secondary N) is 1. The van der Waals surface area contributed by atoms with Crippen molar-refractivity contribution in [3.05, 3.63) is 35.0 Å². The molecule has 0 unspecified atom stereocenters. The molecule has 0 atom stereocenters. The van der Waals surface area contributed by atoms with Crippen LogP contribution >= 0.6 is 0 Å². The molecule has 1 aliphatic carbocycles. The van der Waals surface area contributed by atoms with Crippen molar-refractivity contribution >= 4 is 28.7 Å². The van der Waals surface area contributed by atoms with E-state index in [-0.39, 0.29) is 11.2 Å². The van der Waals surface area contributed by atoms with Crippen LogP contribution in [0.1, 0.15) is 52.7 Å². The standard InChI is InChI=1S/C18H26BNO4S/c1-12(2)25(21,22)20-16-10-13-7-8-15(9-14(13)11-16)19-23-17(3,4)18(5,6)24-19/h7-9,11-12,20H,10H2,1-6H3. The highest BCUT2D eigenvalue weighted by Crippen LogP contribution is 2.36. The molecule has 2 aliphatic rings. The van der Waals surface area contributed by atoms with Gasteiger partial charge in [0, 0.05) is 12.1 Å². The summed E-state index contributed by atoms with van der Waals surface area (Å²) < 4.78 is 39.0. The Labute approximate surface area is 151 Å². The summed E-state index contributed by atoms with van der Waals surface area (Å²) in [6, 6.07) is 6.03. The molecule has 1 saturated heterocycles. The van der Waals surface area contributed by atoms with Crippen molar-refractivity contribution in [3.63, 3.8) is 0 Å². The number of allylic oxidation sites excluding steroid dienone is 1. The van der Waals surface area contributed by atoms with Gasteiger partial charge in [0.05, 0.1) is 16.5 Å². The molecule has 1 fully saturated rings. The van der Waals surface area contributed by atoms with Crippen LogP contribution in [0.3, 0.4) is 0 Å². The van der Waals surface area contributed by atoms with Gasteiger partial charge in [-0.3, -0.25) is 4.72 Å². The van der Waals surface area contributed by atoms with Crippen LogP contribution < -0.4 is 10.2 Å². The number of fused-ring (bicyclic) bond motifs is 1. The molecule has 5 nitrogen and oxygen atoms in total. The van der Waals surface area contributed by atoms with Gasteiger partial charge in [-0.25, -0.2) is 8.42 Å². The van der Waals surface area contributed by atoms with Crippen molar-refractivity contribution in [2.24, 2.45) is 0 Å². The minimum atomic E-state index is -3.32. The fraction of sp³-hybridized carbons (Fsp3) is 0.556. The van der Waals surface area contributed by atoms with E-state index in [9.17, 15) is 8.42 Å². The largest absolute Gasteiger partial charge is 0.494 e. The molecule has 3 rings (SSSR count). The molecule has 1 N–H and O–H groups in total. The number of rotatable bonds is 4. The van der Waals surface area contributed by atoms with Crippen LogP contribution in [0.4, 0.5) is 0 Å². The molecule has 25 heavy (non-hydrogen) atoms. The van der Waals surface area contributed by atoms with Crippen molar-refractivity contribution in [2.75, 3.05) is 0 Å². The Bertz CT molecular complexity index is 811. The Morgan fingerprint density at radius 3 is 2.28 bits per heavy atom. The van der Waals surface area contributed by atoms with Crippen molar-refractivity contribution in [3.8, 4) is 0 Å². The Kier molecular flexibility index (Phi) is 4.33. The molecule has 0 spiro atoms. The molecule has 0 saturated carbocycles. The highest BCUT2D eigenvalue weighted by Gasteiger charge is 2.51. The van der Waals surface area contributed by atoms with E-state index in [1.54, 1.807) is 13.8 Å². The van der Waals surface area contributed by atoms with Gasteiger partial charge in [-0.2, -0.15) is 0 Å². The maximum atomic E-state index is 12.1. The summed E-state index contributed by atoms with van der Waals surface area (Å²) in [6.07, 6.45) is 2.48. The fourth-order valence-corrected chi connectivity index (χ4v) is 3.58. The van der Waals surface area contributed by atoms with Crippen LogP contribution in [0.2, 0.25) is 0 Å². The third-order valence-electron chi connectivity index (χ3n) is 5.30. The molecule has 0 amide bonds. The summed E-state index contributed by atoms with van der Waals surface area (Å²) in [6.45, 7) is 11.4. The smallest absolute Gasteiger partial charge is 0.399 e. The average molecular weight is 363 g/mol. The Morgan fingerprint density at radius 1 is 1.12 bits per heavy atom. The molecule has 1 aromatic carbocycles. The van der Waals surface area contributed by atoms with Gasteiger partial charge in [0.15, 0.2) is 0 Å². The lowest BCUT2D eigenvalue weighted by Crippen LogP contribution is -2.41. The van der Waals surface area contributed by atoms with Crippen LogP contribution in [-0.2, 0) is 25.8 Å². The van der Waals surface area contributed by atoms with Crippen molar-refractivity contribution in [2.45, 2.75) is 64.4 Å². The van der Waals surface area contributed by atoms with Gasteiger partial charge in [-0.05, 0) is 64.2 Å². The van der Waals surface area contributed by atoms with E-state index >= 15 is 0 Å². The van der Waals surface area contributed by atoms with Gasteiger partial charge in [0.1, 0.15) is 0 Å². The molecule has 136 valence electrons. The summed E-state index contributed by atoms with van der Waals surface area (Å²) >= 11 is 0. The van der Waals surface area contributed by atoms with Gasteiger partial charge >= 0.3 is 7.12 Å². The second-order valence-corrected chi connectivity index (χ2v) is 10.3. The molecule has 7 heteroatoms. The van der Waals surface area contributed by atoms with E-state index in [0.717, 1.165) is 16.6 Å². The van der Waals surface area contributed by atoms with Crippen LogP contribution in [0.15, 0.2) is 23.9 Å². The summed E-state index contributed by atoms with van der Waals surface area (Å²) in [5.74, 6) is 0. The highest BCUT2D eigenvalue weighted by molar-refractivity contribution is 7.90. The molecule has 0 bridgehead atoms. The normalized spacial score (nSPS) is 21.4. The molecule has 1 heterocycles. The van der Waals surface area contributed by atoms with Gasteiger partial charge < -0.3 is 9.31 Å². The first kappa shape index (κ1) is 18.5. The van der Waals surface area contributed by atoms with Crippen molar-refractivity contribution in [1.29, 1.82) is 0 Å². The van der Waals surface area contributed by atoms with Gasteiger partial charge in [0.2, 0.25) is 10.0 Å². The van der Waals surface area contributed by atoms with Crippen LogP contribution in [0, 0.1) is 0 Å². The molecule has 0 radical (unpaired) electrons. The minimum Gasteiger partial charge on any atom is -0.399 e. The number of sulfonamides is 1. The number of hydrogen-bond donors (Lipinski definition) is 1. The average Bonchev–Trinajstić information content (AvgIpc) is 2.94. The number of hydrogen-bond acceptors (Lipinski definition) is 4. The predicted molar refractivity (Wildman–Crippen MR) is 101 cm³/mol. The van der Waals surface area contributed by atoms with E-state index in [1.807, 2.05) is 52.0 Å². The summed E-state index contributed by atoms with van der Waals surface area (Å²) in [4.78, 5) is 0. The SMILES string of the molecule is CC(C)S(=O)(=O)NC1=Cc2cc(B3OC(C)(C)C(C)(C)O3)ccc2C1. The predicted octanol–water partition coefficient (Wildman–Crippen LogP) is 2.21. The third kappa shape index (κ3) is 3.37. The highest BCUT2D eigenvalue weighted by atomic mass is 32.2. The van der Waals surface area contributed by atoms with Gasteiger partial charge in [-0.15, -0.1) is 0 Å². The van der Waals surface area contributed by atoms with E-state index < -0.39 is 22.4 Å². The van der Waals surface area contributed by atoms with Crippen LogP contribution in [0.5, 0.6) is 0 Å². The quantitative estimate of drug-likeness (QED) is 0.834. The maximum Gasteiger partial charge on any atom is 0.494 e. The Hall–Kier alpha value is -1.31. The van der Waals surface area contributed by atoms with E-state index in [1.165, 1.54) is 0 Å². The van der Waals surface area contributed by atoms with Crippen molar-refractivity contribution < 1.29 is 17.7 Å². The van der Waals surface area contributed by atoms with Crippen LogP contribution in [-0.4, -0.2) is 32.0 Å².